The van der Waals surface area contributed by atoms with E-state index in [2.05, 4.69) is 0 Å². The third-order valence-electron chi connectivity index (χ3n) is 3.46. The maximum absolute atomic E-state index is 11.2. The van der Waals surface area contributed by atoms with Crippen molar-refractivity contribution in [1.82, 2.24) is 0 Å². The number of hydrogen-bond donors (Lipinski definition) is 2. The van der Waals surface area contributed by atoms with Gasteiger partial charge in [-0.05, 0) is 36.2 Å². The molecular formula is C15H17NO2. The van der Waals surface area contributed by atoms with Crippen molar-refractivity contribution in [2.75, 3.05) is 0 Å². The normalized spacial score (nSPS) is 13.5. The van der Waals surface area contributed by atoms with Gasteiger partial charge in [0.05, 0.1) is 5.41 Å². The molecule has 0 aromatic heterocycles. The van der Waals surface area contributed by atoms with Gasteiger partial charge in [0.15, 0.2) is 0 Å². The predicted molar refractivity (Wildman–Crippen MR) is 72.3 cm³/mol. The molecule has 0 aliphatic rings. The third-order valence-corrected chi connectivity index (χ3v) is 3.46. The minimum absolute atomic E-state index is 0.528. The second-order valence-electron chi connectivity index (χ2n) is 5.11. The molecule has 0 amide bonds. The van der Waals surface area contributed by atoms with Gasteiger partial charge < -0.3 is 10.8 Å². The molecule has 1 unspecified atom stereocenters. The van der Waals surface area contributed by atoms with Crippen molar-refractivity contribution in [3.63, 3.8) is 0 Å². The van der Waals surface area contributed by atoms with Crippen LogP contribution in [0, 0.1) is 5.41 Å². The van der Waals surface area contributed by atoms with Gasteiger partial charge >= 0.3 is 5.97 Å². The summed E-state index contributed by atoms with van der Waals surface area (Å²) in [6.45, 7) is 3.30. The highest BCUT2D eigenvalue weighted by Gasteiger charge is 2.35. The van der Waals surface area contributed by atoms with Crippen LogP contribution in [0.4, 0.5) is 0 Å². The first-order chi connectivity index (χ1) is 8.43. The van der Waals surface area contributed by atoms with Gasteiger partial charge in [-0.3, -0.25) is 4.79 Å². The van der Waals surface area contributed by atoms with E-state index in [1.807, 2.05) is 42.5 Å². The van der Waals surface area contributed by atoms with Gasteiger partial charge in [-0.25, -0.2) is 0 Å². The fourth-order valence-electron chi connectivity index (χ4n) is 1.95. The van der Waals surface area contributed by atoms with Crippen LogP contribution in [0.3, 0.4) is 0 Å². The summed E-state index contributed by atoms with van der Waals surface area (Å²) in [4.78, 5) is 11.2. The number of nitrogens with two attached hydrogens (primary N) is 1. The van der Waals surface area contributed by atoms with Crippen LogP contribution in [0.2, 0.25) is 0 Å². The molecule has 2 aromatic rings. The first kappa shape index (κ1) is 12.6. The Hall–Kier alpha value is -1.87. The van der Waals surface area contributed by atoms with Gasteiger partial charge in [-0.15, -0.1) is 0 Å². The molecular weight excluding hydrogens is 226 g/mol. The summed E-state index contributed by atoms with van der Waals surface area (Å²) in [6, 6.07) is 13.3. The van der Waals surface area contributed by atoms with Crippen molar-refractivity contribution in [2.45, 2.75) is 19.9 Å². The molecule has 3 heteroatoms. The Labute approximate surface area is 106 Å². The summed E-state index contributed by atoms with van der Waals surface area (Å²) in [7, 11) is 0. The van der Waals surface area contributed by atoms with Gasteiger partial charge in [-0.1, -0.05) is 36.4 Å². The highest BCUT2D eigenvalue weighted by molar-refractivity contribution is 5.83. The lowest BCUT2D eigenvalue weighted by Crippen LogP contribution is -2.36. The number of carbonyl (C=O) groups is 1. The smallest absolute Gasteiger partial charge is 0.311 e. The Balaban J connectivity index is 2.45. The van der Waals surface area contributed by atoms with Crippen molar-refractivity contribution in [3.05, 3.63) is 48.0 Å². The summed E-state index contributed by atoms with van der Waals surface area (Å²) < 4.78 is 0. The quantitative estimate of drug-likeness (QED) is 0.871. The van der Waals surface area contributed by atoms with E-state index in [1.54, 1.807) is 13.8 Å². The summed E-state index contributed by atoms with van der Waals surface area (Å²) >= 11 is 0. The first-order valence-electron chi connectivity index (χ1n) is 5.90. The van der Waals surface area contributed by atoms with Crippen LogP contribution in [0.15, 0.2) is 42.5 Å². The molecule has 0 aliphatic heterocycles. The first-order valence-corrected chi connectivity index (χ1v) is 5.90. The van der Waals surface area contributed by atoms with Gasteiger partial charge in [0.25, 0.3) is 0 Å². The topological polar surface area (TPSA) is 63.3 Å². The maximum Gasteiger partial charge on any atom is 0.311 e. The second kappa shape index (κ2) is 4.42. The highest BCUT2D eigenvalue weighted by Crippen LogP contribution is 2.32. The van der Waals surface area contributed by atoms with E-state index in [0.29, 0.717) is 0 Å². The predicted octanol–water partition coefficient (Wildman–Crippen LogP) is 2.95. The van der Waals surface area contributed by atoms with E-state index in [4.69, 9.17) is 5.73 Å². The minimum Gasteiger partial charge on any atom is -0.481 e. The van der Waals surface area contributed by atoms with Crippen LogP contribution in [0.1, 0.15) is 25.5 Å². The van der Waals surface area contributed by atoms with E-state index in [9.17, 15) is 9.90 Å². The van der Waals surface area contributed by atoms with Crippen molar-refractivity contribution in [3.8, 4) is 0 Å². The lowest BCUT2D eigenvalue weighted by Gasteiger charge is -2.27. The summed E-state index contributed by atoms with van der Waals surface area (Å²) in [5.41, 5.74) is 5.95. The molecule has 0 heterocycles. The molecule has 3 nitrogen and oxygen atoms in total. The standard InChI is InChI=1S/C15H17NO2/c1-15(2,14(17)18)13(16)12-8-7-10-5-3-4-6-11(10)9-12/h3-9,13H,16H2,1-2H3,(H,17,18). The molecule has 0 saturated heterocycles. The lowest BCUT2D eigenvalue weighted by atomic mass is 9.81. The van der Waals surface area contributed by atoms with Gasteiger partial charge in [-0.2, -0.15) is 0 Å². The number of fused-ring (bicyclic) bond motifs is 1. The summed E-state index contributed by atoms with van der Waals surface area (Å²) in [6.07, 6.45) is 0. The molecule has 0 saturated carbocycles. The average Bonchev–Trinajstić information content (AvgIpc) is 2.37. The average molecular weight is 243 g/mol. The van der Waals surface area contributed by atoms with Crippen LogP contribution >= 0.6 is 0 Å². The molecule has 2 rings (SSSR count). The second-order valence-corrected chi connectivity index (χ2v) is 5.11. The van der Waals surface area contributed by atoms with Gasteiger partial charge in [0, 0.05) is 6.04 Å². The SMILES string of the molecule is CC(C)(C(=O)O)C(N)c1ccc2ccccc2c1. The molecule has 1 atom stereocenters. The Morgan fingerprint density at radius 2 is 1.78 bits per heavy atom. The molecule has 0 aliphatic carbocycles. The molecule has 94 valence electrons. The summed E-state index contributed by atoms with van der Waals surface area (Å²) in [5.74, 6) is -0.886. The van der Waals surface area contributed by atoms with Crippen LogP contribution in [0.5, 0.6) is 0 Å². The number of aliphatic carboxylic acids is 1. The largest absolute Gasteiger partial charge is 0.481 e. The zero-order valence-corrected chi connectivity index (χ0v) is 10.6. The minimum atomic E-state index is -0.984. The lowest BCUT2D eigenvalue weighted by molar-refractivity contribution is -0.148. The number of carboxylic acids is 1. The Kier molecular flexibility index (Phi) is 3.09. The van der Waals surface area contributed by atoms with Crippen molar-refractivity contribution in [2.24, 2.45) is 11.1 Å². The van der Waals surface area contributed by atoms with Gasteiger partial charge in [0.1, 0.15) is 0 Å². The Morgan fingerprint density at radius 3 is 2.39 bits per heavy atom. The van der Waals surface area contributed by atoms with Crippen LogP contribution in [0.25, 0.3) is 10.8 Å². The molecule has 0 fully saturated rings. The van der Waals surface area contributed by atoms with E-state index in [1.165, 1.54) is 0 Å². The highest BCUT2D eigenvalue weighted by atomic mass is 16.4. The fraction of sp³-hybridized carbons (Fsp3) is 0.267. The number of carboxylic acid groups (broad SMARTS) is 1. The molecule has 0 radical (unpaired) electrons. The number of hydrogen-bond acceptors (Lipinski definition) is 2. The third kappa shape index (κ3) is 2.09. The zero-order chi connectivity index (χ0) is 13.3. The monoisotopic (exact) mass is 243 g/mol. The molecule has 18 heavy (non-hydrogen) atoms. The zero-order valence-electron chi connectivity index (χ0n) is 10.6. The molecule has 3 N–H and O–H groups in total. The van der Waals surface area contributed by atoms with Crippen molar-refractivity contribution < 1.29 is 9.90 Å². The van der Waals surface area contributed by atoms with Crippen LogP contribution < -0.4 is 5.73 Å². The van der Waals surface area contributed by atoms with Crippen molar-refractivity contribution >= 4 is 16.7 Å². The maximum atomic E-state index is 11.2. The van der Waals surface area contributed by atoms with E-state index in [-0.39, 0.29) is 0 Å². The number of benzene rings is 2. The van der Waals surface area contributed by atoms with Gasteiger partial charge in [0.2, 0.25) is 0 Å². The molecule has 2 aromatic carbocycles. The molecule has 0 spiro atoms. The van der Waals surface area contributed by atoms with E-state index in [0.717, 1.165) is 16.3 Å². The summed E-state index contributed by atoms with van der Waals surface area (Å²) in [5, 5.41) is 11.4. The van der Waals surface area contributed by atoms with Crippen LogP contribution in [-0.4, -0.2) is 11.1 Å². The van der Waals surface area contributed by atoms with Crippen molar-refractivity contribution in [1.29, 1.82) is 0 Å². The Morgan fingerprint density at radius 1 is 1.17 bits per heavy atom. The van der Waals surface area contributed by atoms with Crippen LogP contribution in [-0.2, 0) is 4.79 Å². The van der Waals surface area contributed by atoms with E-state index >= 15 is 0 Å². The number of rotatable bonds is 3. The fourth-order valence-corrected chi connectivity index (χ4v) is 1.95. The molecule has 0 bridgehead atoms. The Bertz CT molecular complexity index is 590. The van der Waals surface area contributed by atoms with E-state index < -0.39 is 17.4 Å².